The molecular formula is C13H17N5OS. The number of hydrogen-bond acceptors (Lipinski definition) is 5. The number of nitrogens with two attached hydrogens (primary N) is 1. The maximum atomic E-state index is 11.8. The molecule has 0 radical (unpaired) electrons. The molecule has 0 aromatic carbocycles. The van der Waals surface area contributed by atoms with Gasteiger partial charge in [-0.05, 0) is 36.6 Å². The van der Waals surface area contributed by atoms with Crippen LogP contribution >= 0.6 is 11.8 Å². The lowest BCUT2D eigenvalue weighted by molar-refractivity contribution is -0.117. The van der Waals surface area contributed by atoms with E-state index in [1.807, 2.05) is 12.3 Å². The summed E-state index contributed by atoms with van der Waals surface area (Å²) in [4.78, 5) is 16.1. The molecule has 7 heteroatoms. The molecule has 0 aliphatic heterocycles. The SMILES string of the molecule is CSCC[C@H](N)C(=O)Nc1ccc(-n2cccn2)nc1. The van der Waals surface area contributed by atoms with Crippen molar-refractivity contribution in [1.82, 2.24) is 14.8 Å². The van der Waals surface area contributed by atoms with Gasteiger partial charge in [-0.2, -0.15) is 16.9 Å². The number of carbonyl (C=O) groups is 1. The molecule has 0 bridgehead atoms. The second kappa shape index (κ2) is 7.06. The molecule has 0 fully saturated rings. The predicted octanol–water partition coefficient (Wildman–Crippen LogP) is 1.29. The summed E-state index contributed by atoms with van der Waals surface area (Å²) < 4.78 is 1.65. The van der Waals surface area contributed by atoms with E-state index in [0.717, 1.165) is 5.75 Å². The van der Waals surface area contributed by atoms with Gasteiger partial charge in [0.15, 0.2) is 5.82 Å². The van der Waals surface area contributed by atoms with E-state index in [1.54, 1.807) is 47.2 Å². The van der Waals surface area contributed by atoms with Crippen molar-refractivity contribution in [2.75, 3.05) is 17.3 Å². The molecule has 0 spiro atoms. The summed E-state index contributed by atoms with van der Waals surface area (Å²) in [5, 5.41) is 6.84. The molecule has 1 amide bonds. The standard InChI is InChI=1S/C13H17N5OS/c1-20-8-5-11(14)13(19)17-10-3-4-12(15-9-10)18-7-2-6-16-18/h2-4,6-7,9,11H,5,8,14H2,1H3,(H,17,19)/t11-/m0/s1. The lowest BCUT2D eigenvalue weighted by Crippen LogP contribution is -2.36. The summed E-state index contributed by atoms with van der Waals surface area (Å²) in [5.41, 5.74) is 6.43. The van der Waals surface area contributed by atoms with Crippen molar-refractivity contribution in [3.63, 3.8) is 0 Å². The first-order valence-electron chi connectivity index (χ1n) is 6.22. The van der Waals surface area contributed by atoms with Crippen molar-refractivity contribution in [2.45, 2.75) is 12.5 Å². The quantitative estimate of drug-likeness (QED) is 0.837. The van der Waals surface area contributed by atoms with Gasteiger partial charge >= 0.3 is 0 Å². The van der Waals surface area contributed by atoms with Gasteiger partial charge in [0.2, 0.25) is 5.91 Å². The molecule has 0 aliphatic rings. The van der Waals surface area contributed by atoms with Crippen LogP contribution in [-0.2, 0) is 4.79 Å². The van der Waals surface area contributed by atoms with E-state index >= 15 is 0 Å². The number of nitrogens with one attached hydrogen (secondary N) is 1. The second-order valence-corrected chi connectivity index (χ2v) is 5.22. The lowest BCUT2D eigenvalue weighted by atomic mass is 10.2. The molecule has 20 heavy (non-hydrogen) atoms. The third kappa shape index (κ3) is 3.82. The van der Waals surface area contributed by atoms with Crippen molar-refractivity contribution < 1.29 is 4.79 Å². The van der Waals surface area contributed by atoms with E-state index in [4.69, 9.17) is 5.73 Å². The molecule has 0 saturated heterocycles. The summed E-state index contributed by atoms with van der Waals surface area (Å²) in [6.45, 7) is 0. The van der Waals surface area contributed by atoms with Gasteiger partial charge in [0.1, 0.15) is 0 Å². The van der Waals surface area contributed by atoms with Crippen molar-refractivity contribution in [3.05, 3.63) is 36.8 Å². The van der Waals surface area contributed by atoms with Gasteiger partial charge in [-0.1, -0.05) is 0 Å². The first kappa shape index (κ1) is 14.5. The van der Waals surface area contributed by atoms with E-state index in [1.165, 1.54) is 0 Å². The summed E-state index contributed by atoms with van der Waals surface area (Å²) >= 11 is 1.67. The Morgan fingerprint density at radius 3 is 3.00 bits per heavy atom. The predicted molar refractivity (Wildman–Crippen MR) is 81.0 cm³/mol. The Hall–Kier alpha value is -1.86. The van der Waals surface area contributed by atoms with Crippen molar-refractivity contribution in [1.29, 1.82) is 0 Å². The normalized spacial score (nSPS) is 12.1. The van der Waals surface area contributed by atoms with Crippen LogP contribution in [0.25, 0.3) is 5.82 Å². The van der Waals surface area contributed by atoms with Crippen LogP contribution in [0.5, 0.6) is 0 Å². The molecule has 0 aliphatic carbocycles. The van der Waals surface area contributed by atoms with Crippen molar-refractivity contribution in [2.24, 2.45) is 5.73 Å². The van der Waals surface area contributed by atoms with Crippen LogP contribution in [0.2, 0.25) is 0 Å². The molecule has 0 unspecified atom stereocenters. The molecule has 0 saturated carbocycles. The average molecular weight is 291 g/mol. The summed E-state index contributed by atoms with van der Waals surface area (Å²) in [6.07, 6.45) is 7.73. The Kier molecular flexibility index (Phi) is 5.14. The van der Waals surface area contributed by atoms with Crippen LogP contribution in [0, 0.1) is 0 Å². The molecular weight excluding hydrogens is 274 g/mol. The fourth-order valence-electron chi connectivity index (χ4n) is 1.61. The van der Waals surface area contributed by atoms with Crippen LogP contribution in [0.15, 0.2) is 36.8 Å². The van der Waals surface area contributed by atoms with E-state index < -0.39 is 6.04 Å². The van der Waals surface area contributed by atoms with Gasteiger partial charge in [0, 0.05) is 12.4 Å². The number of thioether (sulfide) groups is 1. The zero-order chi connectivity index (χ0) is 14.4. The van der Waals surface area contributed by atoms with E-state index in [-0.39, 0.29) is 5.91 Å². The number of rotatable bonds is 6. The molecule has 2 rings (SSSR count). The fraction of sp³-hybridized carbons (Fsp3) is 0.308. The van der Waals surface area contributed by atoms with E-state index in [9.17, 15) is 4.79 Å². The maximum absolute atomic E-state index is 11.8. The van der Waals surface area contributed by atoms with Gasteiger partial charge in [-0.15, -0.1) is 0 Å². The van der Waals surface area contributed by atoms with Crippen LogP contribution in [0.1, 0.15) is 6.42 Å². The highest BCUT2D eigenvalue weighted by Crippen LogP contribution is 2.10. The third-order valence-electron chi connectivity index (χ3n) is 2.72. The van der Waals surface area contributed by atoms with Gasteiger partial charge in [0.25, 0.3) is 0 Å². The topological polar surface area (TPSA) is 85.8 Å². The monoisotopic (exact) mass is 291 g/mol. The van der Waals surface area contributed by atoms with Gasteiger partial charge < -0.3 is 11.1 Å². The lowest BCUT2D eigenvalue weighted by Gasteiger charge is -2.11. The van der Waals surface area contributed by atoms with Crippen LogP contribution in [-0.4, -0.2) is 38.7 Å². The molecule has 1 atom stereocenters. The molecule has 3 N–H and O–H groups in total. The second-order valence-electron chi connectivity index (χ2n) is 4.23. The summed E-state index contributed by atoms with van der Waals surface area (Å²) in [7, 11) is 0. The highest BCUT2D eigenvalue weighted by molar-refractivity contribution is 7.98. The average Bonchev–Trinajstić information content (AvgIpc) is 2.99. The Morgan fingerprint density at radius 2 is 2.40 bits per heavy atom. The molecule has 106 valence electrons. The minimum Gasteiger partial charge on any atom is -0.323 e. The first-order valence-corrected chi connectivity index (χ1v) is 7.61. The first-order chi connectivity index (χ1) is 9.70. The van der Waals surface area contributed by atoms with E-state index in [2.05, 4.69) is 15.4 Å². The van der Waals surface area contributed by atoms with Gasteiger partial charge in [-0.3, -0.25) is 4.79 Å². The minimum absolute atomic E-state index is 0.187. The zero-order valence-electron chi connectivity index (χ0n) is 11.2. The Balaban J connectivity index is 1.95. The number of amides is 1. The third-order valence-corrected chi connectivity index (χ3v) is 3.37. The van der Waals surface area contributed by atoms with Crippen LogP contribution in [0.4, 0.5) is 5.69 Å². The smallest absolute Gasteiger partial charge is 0.241 e. The van der Waals surface area contributed by atoms with E-state index in [0.29, 0.717) is 17.9 Å². The number of aromatic nitrogens is 3. The fourth-order valence-corrected chi connectivity index (χ4v) is 2.10. The Bertz CT molecular complexity index is 540. The maximum Gasteiger partial charge on any atom is 0.241 e. The molecule has 2 aromatic heterocycles. The van der Waals surface area contributed by atoms with Crippen LogP contribution in [0.3, 0.4) is 0 Å². The number of carbonyl (C=O) groups excluding carboxylic acids is 1. The highest BCUT2D eigenvalue weighted by atomic mass is 32.2. The zero-order valence-corrected chi connectivity index (χ0v) is 12.0. The number of hydrogen-bond donors (Lipinski definition) is 2. The molecule has 2 heterocycles. The number of anilines is 1. The summed E-state index contributed by atoms with van der Waals surface area (Å²) in [5.74, 6) is 1.37. The van der Waals surface area contributed by atoms with Crippen molar-refractivity contribution >= 4 is 23.4 Å². The number of pyridine rings is 1. The Labute approximate surface area is 121 Å². The Morgan fingerprint density at radius 1 is 1.55 bits per heavy atom. The largest absolute Gasteiger partial charge is 0.323 e. The van der Waals surface area contributed by atoms with Gasteiger partial charge in [-0.25, -0.2) is 9.67 Å². The highest BCUT2D eigenvalue weighted by Gasteiger charge is 2.13. The summed E-state index contributed by atoms with van der Waals surface area (Å²) in [6, 6.07) is 4.90. The van der Waals surface area contributed by atoms with Crippen molar-refractivity contribution in [3.8, 4) is 5.82 Å². The molecule has 6 nitrogen and oxygen atoms in total. The van der Waals surface area contributed by atoms with Crippen LogP contribution < -0.4 is 11.1 Å². The molecule has 2 aromatic rings. The minimum atomic E-state index is -0.492. The number of nitrogens with zero attached hydrogens (tertiary/aromatic N) is 3. The van der Waals surface area contributed by atoms with Gasteiger partial charge in [0.05, 0.1) is 17.9 Å².